The monoisotopic (exact) mass is 468 g/mol. The number of H-pyrrole nitrogens is 1. The number of fused-ring (bicyclic) bond motifs is 4. The zero-order valence-electron chi connectivity index (χ0n) is 19.0. The largest absolute Gasteiger partial charge is 1.00 e. The van der Waals surface area contributed by atoms with E-state index in [9.17, 15) is 9.59 Å². The molecule has 3 amide bonds. The number of carbonyl (C=O) groups is 2. The van der Waals surface area contributed by atoms with E-state index >= 15 is 0 Å². The van der Waals surface area contributed by atoms with Crippen LogP contribution in [0.5, 0.6) is 0 Å². The Morgan fingerprint density at radius 1 is 0.970 bits per heavy atom. The van der Waals surface area contributed by atoms with Crippen LogP contribution < -0.4 is 38.2 Å². The summed E-state index contributed by atoms with van der Waals surface area (Å²) >= 11 is 0. The summed E-state index contributed by atoms with van der Waals surface area (Å²) in [4.78, 5) is 28.0. The molecule has 4 rings (SSSR count). The maximum Gasteiger partial charge on any atom is 0.314 e. The molecule has 0 atom stereocenters. The van der Waals surface area contributed by atoms with E-state index in [4.69, 9.17) is 0 Å². The second-order valence-electron chi connectivity index (χ2n) is 7.87. The molecule has 2 aromatic carbocycles. The molecule has 0 saturated carbocycles. The summed E-state index contributed by atoms with van der Waals surface area (Å²) in [6.45, 7) is 4.35. The minimum absolute atomic E-state index is 0. The first kappa shape index (κ1) is 24.3. The molecule has 2 heterocycles. The molecule has 9 heteroatoms. The van der Waals surface area contributed by atoms with Crippen LogP contribution in [0.25, 0.3) is 32.6 Å². The van der Waals surface area contributed by atoms with Crippen molar-refractivity contribution >= 4 is 44.5 Å². The molecule has 0 spiro atoms. The molecule has 5 N–H and O–H groups in total. The maximum atomic E-state index is 13.3. The SMILES string of the molecule is CNC(=O)NCCNCCNC(=O)c1c2cc[n+](C)cc2c(C)c2c1[nH]c1ccccc12.[Cl-]. The lowest BCUT2D eigenvalue weighted by atomic mass is 9.95. The van der Waals surface area contributed by atoms with Gasteiger partial charge in [-0.15, -0.1) is 0 Å². The number of amides is 3. The number of nitrogens with zero attached hydrogens (tertiary/aromatic N) is 1. The average molecular weight is 469 g/mol. The van der Waals surface area contributed by atoms with E-state index in [1.54, 1.807) is 7.05 Å². The van der Waals surface area contributed by atoms with Gasteiger partial charge in [0.25, 0.3) is 5.91 Å². The number of aryl methyl sites for hydroxylation is 2. The predicted molar refractivity (Wildman–Crippen MR) is 127 cm³/mol. The summed E-state index contributed by atoms with van der Waals surface area (Å²) in [5.41, 5.74) is 3.71. The van der Waals surface area contributed by atoms with Gasteiger partial charge in [0.05, 0.1) is 16.5 Å². The van der Waals surface area contributed by atoms with Crippen LogP contribution >= 0.6 is 0 Å². The highest BCUT2D eigenvalue weighted by molar-refractivity contribution is 6.24. The molecular weight excluding hydrogens is 440 g/mol. The second kappa shape index (κ2) is 10.5. The van der Waals surface area contributed by atoms with Gasteiger partial charge >= 0.3 is 6.03 Å². The normalized spacial score (nSPS) is 10.9. The Labute approximate surface area is 198 Å². The Balaban J connectivity index is 0.00000306. The van der Waals surface area contributed by atoms with Gasteiger partial charge in [0.1, 0.15) is 7.05 Å². The summed E-state index contributed by atoms with van der Waals surface area (Å²) in [5.74, 6) is -0.106. The van der Waals surface area contributed by atoms with E-state index in [1.165, 1.54) is 0 Å². The molecule has 8 nitrogen and oxygen atoms in total. The fourth-order valence-electron chi connectivity index (χ4n) is 4.17. The van der Waals surface area contributed by atoms with Crippen molar-refractivity contribution in [2.45, 2.75) is 6.92 Å². The number of para-hydroxylation sites is 1. The first-order valence-corrected chi connectivity index (χ1v) is 10.8. The zero-order valence-corrected chi connectivity index (χ0v) is 19.8. The summed E-state index contributed by atoms with van der Waals surface area (Å²) in [6.07, 6.45) is 4.04. The Morgan fingerprint density at radius 3 is 2.45 bits per heavy atom. The van der Waals surface area contributed by atoms with E-state index in [2.05, 4.69) is 45.4 Å². The molecule has 0 bridgehead atoms. The zero-order chi connectivity index (χ0) is 22.7. The molecular formula is C24H29ClN6O2. The van der Waals surface area contributed by atoms with Crippen molar-refractivity contribution in [3.63, 3.8) is 0 Å². The second-order valence-corrected chi connectivity index (χ2v) is 7.87. The van der Waals surface area contributed by atoms with Crippen molar-refractivity contribution in [2.75, 3.05) is 33.2 Å². The lowest BCUT2D eigenvalue weighted by Crippen LogP contribution is -3.00. The van der Waals surface area contributed by atoms with Gasteiger partial charge in [-0.3, -0.25) is 4.79 Å². The number of rotatable bonds is 7. The van der Waals surface area contributed by atoms with Crippen LogP contribution in [0, 0.1) is 6.92 Å². The van der Waals surface area contributed by atoms with E-state index in [0.717, 1.165) is 38.1 Å². The number of nitrogens with one attached hydrogen (secondary N) is 5. The van der Waals surface area contributed by atoms with Crippen LogP contribution in [0.4, 0.5) is 4.79 Å². The number of carbonyl (C=O) groups excluding carboxylic acids is 2. The summed E-state index contributed by atoms with van der Waals surface area (Å²) < 4.78 is 2.01. The molecule has 0 aliphatic heterocycles. The van der Waals surface area contributed by atoms with Crippen molar-refractivity contribution in [1.29, 1.82) is 0 Å². The van der Waals surface area contributed by atoms with Gasteiger partial charge in [-0.05, 0) is 18.6 Å². The van der Waals surface area contributed by atoms with E-state index in [1.807, 2.05) is 42.1 Å². The lowest BCUT2D eigenvalue weighted by Gasteiger charge is -2.12. The van der Waals surface area contributed by atoms with Gasteiger partial charge in [0.15, 0.2) is 12.4 Å². The van der Waals surface area contributed by atoms with Crippen LogP contribution in [0.15, 0.2) is 42.7 Å². The highest BCUT2D eigenvalue weighted by Crippen LogP contribution is 2.36. The number of hydrogen-bond donors (Lipinski definition) is 5. The topological polar surface area (TPSA) is 102 Å². The first-order valence-electron chi connectivity index (χ1n) is 10.8. The summed E-state index contributed by atoms with van der Waals surface area (Å²) in [5, 5.41) is 15.7. The quantitative estimate of drug-likeness (QED) is 0.175. The maximum absolute atomic E-state index is 13.3. The molecule has 0 unspecified atom stereocenters. The van der Waals surface area contributed by atoms with E-state index in [-0.39, 0.29) is 24.3 Å². The minimum Gasteiger partial charge on any atom is -1.00 e. The van der Waals surface area contributed by atoms with Crippen LogP contribution in [0.2, 0.25) is 0 Å². The predicted octanol–water partition coefficient (Wildman–Crippen LogP) is -1.14. The minimum atomic E-state index is -0.206. The number of urea groups is 1. The number of hydrogen-bond acceptors (Lipinski definition) is 3. The van der Waals surface area contributed by atoms with Crippen molar-refractivity contribution in [3.8, 4) is 0 Å². The first-order chi connectivity index (χ1) is 15.5. The van der Waals surface area contributed by atoms with Gasteiger partial charge in [-0.2, -0.15) is 0 Å². The van der Waals surface area contributed by atoms with Gasteiger partial charge in [0, 0.05) is 61.0 Å². The summed E-state index contributed by atoms with van der Waals surface area (Å²) in [7, 11) is 3.57. The molecule has 4 aromatic rings. The fourth-order valence-corrected chi connectivity index (χ4v) is 4.17. The van der Waals surface area contributed by atoms with E-state index in [0.29, 0.717) is 31.7 Å². The van der Waals surface area contributed by atoms with Gasteiger partial charge in [-0.25, -0.2) is 9.36 Å². The third-order valence-electron chi connectivity index (χ3n) is 5.73. The smallest absolute Gasteiger partial charge is 0.314 e. The molecule has 0 fully saturated rings. The van der Waals surface area contributed by atoms with Gasteiger partial charge in [-0.1, -0.05) is 18.2 Å². The van der Waals surface area contributed by atoms with Crippen molar-refractivity contribution in [2.24, 2.45) is 7.05 Å². The van der Waals surface area contributed by atoms with Crippen LogP contribution in [0.1, 0.15) is 15.9 Å². The molecule has 33 heavy (non-hydrogen) atoms. The number of aromatic amines is 1. The number of benzene rings is 2. The summed E-state index contributed by atoms with van der Waals surface area (Å²) in [6, 6.07) is 9.95. The Morgan fingerprint density at radius 2 is 1.70 bits per heavy atom. The van der Waals surface area contributed by atoms with Gasteiger partial charge in [0.2, 0.25) is 0 Å². The molecule has 0 aliphatic carbocycles. The van der Waals surface area contributed by atoms with Crippen molar-refractivity contribution in [1.82, 2.24) is 26.3 Å². The number of aromatic nitrogens is 2. The van der Waals surface area contributed by atoms with Crippen LogP contribution in [0.3, 0.4) is 0 Å². The Bertz CT molecular complexity index is 1320. The lowest BCUT2D eigenvalue weighted by molar-refractivity contribution is -0.670. The number of halogens is 1. The third-order valence-corrected chi connectivity index (χ3v) is 5.73. The molecule has 0 saturated heterocycles. The molecule has 2 aromatic heterocycles. The van der Waals surface area contributed by atoms with Crippen LogP contribution in [-0.2, 0) is 7.05 Å². The van der Waals surface area contributed by atoms with Crippen LogP contribution in [-0.4, -0.2) is 50.1 Å². The molecule has 0 radical (unpaired) electrons. The highest BCUT2D eigenvalue weighted by atomic mass is 35.5. The third kappa shape index (κ3) is 4.86. The Hall–Kier alpha value is -3.36. The van der Waals surface area contributed by atoms with Gasteiger partial charge < -0.3 is 38.7 Å². The van der Waals surface area contributed by atoms with E-state index < -0.39 is 0 Å². The molecule has 174 valence electrons. The number of pyridine rings is 1. The average Bonchev–Trinajstić information content (AvgIpc) is 3.18. The fraction of sp³-hybridized carbons (Fsp3) is 0.292. The molecule has 0 aliphatic rings. The standard InChI is InChI=1S/C24H28N6O2.ClH/c1-15-18-14-30(3)13-8-16(18)21(22-20(15)17-6-4-5-7-19(17)29-22)23(31)27-11-9-26-10-12-28-24(32)25-2;/h4-8,13-14,26H,9-12H2,1-3H3,(H3,25,27,28,31,32);1H. The van der Waals surface area contributed by atoms with Crippen molar-refractivity contribution < 1.29 is 26.6 Å². The highest BCUT2D eigenvalue weighted by Gasteiger charge is 2.22. The Kier molecular flexibility index (Phi) is 7.73. The van der Waals surface area contributed by atoms with Crippen molar-refractivity contribution in [3.05, 3.63) is 53.9 Å².